The summed E-state index contributed by atoms with van der Waals surface area (Å²) in [6, 6.07) is 4.95. The average molecular weight is 312 g/mol. The van der Waals surface area contributed by atoms with Crippen LogP contribution in [-0.4, -0.2) is 36.9 Å². The zero-order valence-corrected chi connectivity index (χ0v) is 12.7. The van der Waals surface area contributed by atoms with Gasteiger partial charge in [-0.3, -0.25) is 4.72 Å². The molecule has 8 heteroatoms. The number of oxime groups is 1. The molecule has 7 nitrogen and oxygen atoms in total. The number of nitrogens with two attached hydrogens (primary N) is 1. The number of hydrogen-bond donors (Lipinski definition) is 3. The predicted molar refractivity (Wildman–Crippen MR) is 81.7 cm³/mol. The summed E-state index contributed by atoms with van der Waals surface area (Å²) in [6.07, 6.45) is 2.82. The van der Waals surface area contributed by atoms with E-state index >= 15 is 0 Å². The molecule has 2 rings (SSSR count). The lowest BCUT2D eigenvalue weighted by Gasteiger charge is -2.26. The molecule has 1 saturated heterocycles. The minimum absolute atomic E-state index is 0.0616. The number of hydrogen-bond acceptors (Lipinski definition) is 4. The summed E-state index contributed by atoms with van der Waals surface area (Å²) in [5, 5.41) is 11.6. The van der Waals surface area contributed by atoms with E-state index in [1.54, 1.807) is 25.1 Å². The summed E-state index contributed by atoms with van der Waals surface area (Å²) in [5.41, 5.74) is 7.19. The van der Waals surface area contributed by atoms with Gasteiger partial charge >= 0.3 is 10.2 Å². The smallest absolute Gasteiger partial charge is 0.301 e. The van der Waals surface area contributed by atoms with Crippen molar-refractivity contribution in [2.75, 3.05) is 17.8 Å². The number of piperidine rings is 1. The van der Waals surface area contributed by atoms with Gasteiger partial charge in [0, 0.05) is 18.7 Å². The van der Waals surface area contributed by atoms with Gasteiger partial charge in [-0.05, 0) is 31.4 Å². The lowest BCUT2D eigenvalue weighted by atomic mass is 10.1. The molecule has 0 amide bonds. The van der Waals surface area contributed by atoms with Gasteiger partial charge in [0.15, 0.2) is 5.84 Å². The van der Waals surface area contributed by atoms with E-state index in [1.807, 2.05) is 0 Å². The van der Waals surface area contributed by atoms with Crippen molar-refractivity contribution >= 4 is 21.7 Å². The molecule has 1 aliphatic rings. The second-order valence-electron chi connectivity index (χ2n) is 5.08. The largest absolute Gasteiger partial charge is 0.409 e. The molecule has 0 saturated carbocycles. The third-order valence-corrected chi connectivity index (χ3v) is 5.06. The van der Waals surface area contributed by atoms with E-state index in [2.05, 4.69) is 9.88 Å². The van der Waals surface area contributed by atoms with Crippen molar-refractivity contribution in [3.8, 4) is 0 Å². The highest BCUT2D eigenvalue weighted by molar-refractivity contribution is 7.90. The summed E-state index contributed by atoms with van der Waals surface area (Å²) in [4.78, 5) is 0. The highest BCUT2D eigenvalue weighted by Crippen LogP contribution is 2.21. The first-order chi connectivity index (χ1) is 9.94. The highest BCUT2D eigenvalue weighted by atomic mass is 32.2. The van der Waals surface area contributed by atoms with E-state index in [0.717, 1.165) is 24.8 Å². The van der Waals surface area contributed by atoms with Crippen LogP contribution in [0.15, 0.2) is 23.4 Å². The number of amidine groups is 1. The molecule has 0 aromatic heterocycles. The zero-order chi connectivity index (χ0) is 15.5. The predicted octanol–water partition coefficient (Wildman–Crippen LogP) is 1.23. The quantitative estimate of drug-likeness (QED) is 0.336. The van der Waals surface area contributed by atoms with Crippen molar-refractivity contribution in [1.29, 1.82) is 0 Å². The van der Waals surface area contributed by atoms with Gasteiger partial charge in [0.05, 0.1) is 5.69 Å². The first kappa shape index (κ1) is 15.6. The molecule has 1 heterocycles. The number of anilines is 1. The molecule has 0 radical (unpaired) electrons. The van der Waals surface area contributed by atoms with Gasteiger partial charge in [-0.25, -0.2) is 0 Å². The Morgan fingerprint density at radius 1 is 1.33 bits per heavy atom. The molecule has 1 aromatic rings. The standard InChI is InChI=1S/C13H20N4O3S/c1-10-5-6-11(13(14)15-18)9-12(10)16-21(19,20)17-7-3-2-4-8-17/h5-6,9,16,18H,2-4,7-8H2,1H3,(H2,14,15). The third-order valence-electron chi connectivity index (χ3n) is 3.53. The normalized spacial score (nSPS) is 17.7. The second-order valence-corrected chi connectivity index (χ2v) is 6.75. The lowest BCUT2D eigenvalue weighted by Crippen LogP contribution is -2.39. The van der Waals surface area contributed by atoms with Gasteiger partial charge < -0.3 is 10.9 Å². The Morgan fingerprint density at radius 2 is 2.00 bits per heavy atom. The Hall–Kier alpha value is -1.80. The van der Waals surface area contributed by atoms with E-state index < -0.39 is 10.2 Å². The van der Waals surface area contributed by atoms with Crippen molar-refractivity contribution in [3.05, 3.63) is 29.3 Å². The van der Waals surface area contributed by atoms with Gasteiger partial charge in [-0.1, -0.05) is 23.7 Å². The van der Waals surface area contributed by atoms with E-state index in [-0.39, 0.29) is 5.84 Å². The van der Waals surface area contributed by atoms with Crippen molar-refractivity contribution in [2.24, 2.45) is 10.9 Å². The van der Waals surface area contributed by atoms with Crippen LogP contribution in [-0.2, 0) is 10.2 Å². The van der Waals surface area contributed by atoms with Gasteiger partial charge in [0.1, 0.15) is 0 Å². The minimum atomic E-state index is -3.57. The van der Waals surface area contributed by atoms with E-state index in [0.29, 0.717) is 24.3 Å². The van der Waals surface area contributed by atoms with E-state index in [4.69, 9.17) is 10.9 Å². The summed E-state index contributed by atoms with van der Waals surface area (Å²) >= 11 is 0. The van der Waals surface area contributed by atoms with Crippen LogP contribution in [0.3, 0.4) is 0 Å². The topological polar surface area (TPSA) is 108 Å². The molecular formula is C13H20N4O3S. The maximum atomic E-state index is 12.4. The number of rotatable bonds is 4. The molecule has 0 atom stereocenters. The Bertz CT molecular complexity index is 637. The first-order valence-corrected chi connectivity index (χ1v) is 8.24. The highest BCUT2D eigenvalue weighted by Gasteiger charge is 2.24. The molecule has 1 aliphatic heterocycles. The fourth-order valence-electron chi connectivity index (χ4n) is 2.26. The van der Waals surface area contributed by atoms with Gasteiger partial charge in [-0.2, -0.15) is 12.7 Å². The van der Waals surface area contributed by atoms with Crippen molar-refractivity contribution < 1.29 is 13.6 Å². The third kappa shape index (κ3) is 3.64. The molecule has 0 spiro atoms. The maximum Gasteiger partial charge on any atom is 0.301 e. The number of benzene rings is 1. The molecule has 1 fully saturated rings. The fraction of sp³-hybridized carbons (Fsp3) is 0.462. The molecule has 0 bridgehead atoms. The van der Waals surface area contributed by atoms with Crippen LogP contribution in [0.1, 0.15) is 30.4 Å². The molecule has 21 heavy (non-hydrogen) atoms. The van der Waals surface area contributed by atoms with Crippen LogP contribution < -0.4 is 10.5 Å². The molecular weight excluding hydrogens is 292 g/mol. The zero-order valence-electron chi connectivity index (χ0n) is 11.9. The van der Waals surface area contributed by atoms with Gasteiger partial charge in [0.25, 0.3) is 0 Å². The first-order valence-electron chi connectivity index (χ1n) is 6.80. The Kier molecular flexibility index (Phi) is 4.69. The summed E-state index contributed by atoms with van der Waals surface area (Å²) in [7, 11) is -3.57. The summed E-state index contributed by atoms with van der Waals surface area (Å²) in [6.45, 7) is 2.87. The Labute approximate surface area is 124 Å². The Balaban J connectivity index is 2.25. The van der Waals surface area contributed by atoms with Crippen LogP contribution in [0.5, 0.6) is 0 Å². The maximum absolute atomic E-state index is 12.4. The van der Waals surface area contributed by atoms with Crippen molar-refractivity contribution in [3.63, 3.8) is 0 Å². The van der Waals surface area contributed by atoms with Crippen LogP contribution in [0, 0.1) is 6.92 Å². The monoisotopic (exact) mass is 312 g/mol. The van der Waals surface area contributed by atoms with Gasteiger partial charge in [0.2, 0.25) is 0 Å². The van der Waals surface area contributed by atoms with E-state index in [9.17, 15) is 8.42 Å². The number of aryl methyl sites for hydroxylation is 1. The lowest BCUT2D eigenvalue weighted by molar-refractivity contribution is 0.318. The molecule has 0 aliphatic carbocycles. The van der Waals surface area contributed by atoms with Crippen LogP contribution in [0.2, 0.25) is 0 Å². The Morgan fingerprint density at radius 3 is 2.62 bits per heavy atom. The molecule has 4 N–H and O–H groups in total. The molecule has 116 valence electrons. The molecule has 1 aromatic carbocycles. The van der Waals surface area contributed by atoms with E-state index in [1.165, 1.54) is 4.31 Å². The average Bonchev–Trinajstić information content (AvgIpc) is 2.49. The number of nitrogens with one attached hydrogen (secondary N) is 1. The van der Waals surface area contributed by atoms with Crippen molar-refractivity contribution in [1.82, 2.24) is 4.31 Å². The minimum Gasteiger partial charge on any atom is -0.409 e. The second kappa shape index (κ2) is 6.31. The SMILES string of the molecule is Cc1ccc(C(N)=NO)cc1NS(=O)(=O)N1CCCCC1. The van der Waals surface area contributed by atoms with Crippen LogP contribution >= 0.6 is 0 Å². The summed E-state index contributed by atoms with van der Waals surface area (Å²) < 4.78 is 28.8. The van der Waals surface area contributed by atoms with Gasteiger partial charge in [-0.15, -0.1) is 0 Å². The summed E-state index contributed by atoms with van der Waals surface area (Å²) in [5.74, 6) is -0.0616. The fourth-order valence-corrected chi connectivity index (χ4v) is 3.62. The molecule has 0 unspecified atom stereocenters. The van der Waals surface area contributed by atoms with Crippen molar-refractivity contribution in [2.45, 2.75) is 26.2 Å². The van der Waals surface area contributed by atoms with Crippen LogP contribution in [0.4, 0.5) is 5.69 Å². The van der Waals surface area contributed by atoms with Crippen LogP contribution in [0.25, 0.3) is 0 Å². The number of nitrogens with zero attached hydrogens (tertiary/aromatic N) is 2.